The van der Waals surface area contributed by atoms with Gasteiger partial charge in [-0.2, -0.15) is 0 Å². The third kappa shape index (κ3) is 5.58. The lowest BCUT2D eigenvalue weighted by Crippen LogP contribution is -2.33. The molecule has 1 aromatic carbocycles. The van der Waals surface area contributed by atoms with Gasteiger partial charge in [0.25, 0.3) is 0 Å². The molecule has 1 unspecified atom stereocenters. The van der Waals surface area contributed by atoms with Crippen LogP contribution in [0.4, 0.5) is 0 Å². The van der Waals surface area contributed by atoms with Gasteiger partial charge in [-0.1, -0.05) is 61.2 Å². The van der Waals surface area contributed by atoms with Crippen LogP contribution in [0, 0.1) is 0 Å². The van der Waals surface area contributed by atoms with Crippen molar-refractivity contribution in [2.24, 2.45) is 0 Å². The highest BCUT2D eigenvalue weighted by molar-refractivity contribution is 6.83. The van der Waals surface area contributed by atoms with Crippen LogP contribution in [0.1, 0.15) is 12.0 Å². The van der Waals surface area contributed by atoms with E-state index in [0.717, 1.165) is 12.8 Å². The molecule has 1 rings (SSSR count). The second kappa shape index (κ2) is 7.46. The Morgan fingerprint density at radius 1 is 1.26 bits per heavy atom. The summed E-state index contributed by atoms with van der Waals surface area (Å²) < 4.78 is 5.92. The Kier molecular flexibility index (Phi) is 6.26. The van der Waals surface area contributed by atoms with Gasteiger partial charge in [0.15, 0.2) is 0 Å². The zero-order valence-corrected chi connectivity index (χ0v) is 13.5. The third-order valence-corrected chi connectivity index (χ3v) is 5.55. The number of aryl methyl sites for hydroxylation is 1. The lowest BCUT2D eigenvalue weighted by Gasteiger charge is -2.28. The fraction of sp³-hybridized carbons (Fsp3) is 0.412. The maximum Gasteiger partial charge on any atom is 0.0755 e. The van der Waals surface area contributed by atoms with Crippen molar-refractivity contribution in [3.63, 3.8) is 0 Å². The van der Waals surface area contributed by atoms with Crippen LogP contribution in [-0.4, -0.2) is 20.8 Å². The lowest BCUT2D eigenvalue weighted by molar-refractivity contribution is 0.0991. The van der Waals surface area contributed by atoms with Crippen LogP contribution in [-0.2, 0) is 11.2 Å². The first-order valence-corrected chi connectivity index (χ1v) is 10.4. The molecular formula is C17H26OSi. The lowest BCUT2D eigenvalue weighted by atomic mass is 10.1. The molecule has 0 spiro atoms. The summed E-state index contributed by atoms with van der Waals surface area (Å²) in [7, 11) is -1.37. The van der Waals surface area contributed by atoms with E-state index in [9.17, 15) is 0 Å². The molecule has 0 heterocycles. The van der Waals surface area contributed by atoms with Gasteiger partial charge in [0, 0.05) is 0 Å². The average Bonchev–Trinajstić information content (AvgIpc) is 2.38. The first kappa shape index (κ1) is 15.9. The first-order valence-electron chi connectivity index (χ1n) is 6.91. The maximum atomic E-state index is 5.92. The van der Waals surface area contributed by atoms with Crippen molar-refractivity contribution >= 4 is 8.07 Å². The second-order valence-electron chi connectivity index (χ2n) is 5.91. The molecule has 0 aliphatic carbocycles. The summed E-state index contributed by atoms with van der Waals surface area (Å²) in [5.41, 5.74) is 1.36. The minimum absolute atomic E-state index is 0.157. The van der Waals surface area contributed by atoms with Crippen LogP contribution in [0.2, 0.25) is 19.6 Å². The number of ether oxygens (including phenoxy) is 1. The van der Waals surface area contributed by atoms with E-state index in [-0.39, 0.29) is 6.10 Å². The molecule has 1 atom stereocenters. The zero-order chi connectivity index (χ0) is 14.3. The van der Waals surface area contributed by atoms with Crippen molar-refractivity contribution in [1.82, 2.24) is 0 Å². The predicted octanol–water partition coefficient (Wildman–Crippen LogP) is 4.62. The second-order valence-corrected chi connectivity index (χ2v) is 11.1. The minimum atomic E-state index is -1.37. The van der Waals surface area contributed by atoms with E-state index in [1.165, 1.54) is 10.8 Å². The summed E-state index contributed by atoms with van der Waals surface area (Å²) >= 11 is 0. The molecule has 0 fully saturated rings. The Bertz CT molecular complexity index is 403. The van der Waals surface area contributed by atoms with E-state index in [4.69, 9.17) is 4.74 Å². The van der Waals surface area contributed by atoms with Crippen LogP contribution in [0.5, 0.6) is 0 Å². The van der Waals surface area contributed by atoms with Gasteiger partial charge in [-0.3, -0.25) is 0 Å². The average molecular weight is 274 g/mol. The number of hydrogen-bond donors (Lipinski definition) is 0. The molecule has 0 aliphatic heterocycles. The van der Waals surface area contributed by atoms with E-state index in [2.05, 4.69) is 63.1 Å². The van der Waals surface area contributed by atoms with Crippen molar-refractivity contribution in [1.29, 1.82) is 0 Å². The normalized spacial score (nSPS) is 13.0. The number of hydrogen-bond acceptors (Lipinski definition) is 1. The van der Waals surface area contributed by atoms with E-state index in [0.29, 0.717) is 6.61 Å². The summed E-state index contributed by atoms with van der Waals surface area (Å²) in [5.74, 6) is 0. The van der Waals surface area contributed by atoms with Gasteiger partial charge in [0.1, 0.15) is 0 Å². The van der Waals surface area contributed by atoms with E-state index in [1.807, 2.05) is 6.08 Å². The van der Waals surface area contributed by atoms with E-state index < -0.39 is 8.07 Å². The standard InChI is InChI=1S/C17H26OSi/c1-6-14-18-17(15(2)19(3,4)5)13-12-16-10-8-7-9-11-16/h6-11,17H,1-2,12-14H2,3-5H3. The molecule has 0 saturated heterocycles. The molecule has 0 aliphatic rings. The van der Waals surface area contributed by atoms with E-state index >= 15 is 0 Å². The van der Waals surface area contributed by atoms with Gasteiger partial charge in [-0.15, -0.1) is 13.2 Å². The Labute approximate surface area is 119 Å². The molecule has 0 amide bonds. The predicted molar refractivity (Wildman–Crippen MR) is 87.2 cm³/mol. The monoisotopic (exact) mass is 274 g/mol. The number of rotatable bonds is 8. The summed E-state index contributed by atoms with van der Waals surface area (Å²) in [4.78, 5) is 0. The highest BCUT2D eigenvalue weighted by atomic mass is 28.3. The van der Waals surface area contributed by atoms with Crippen molar-refractivity contribution < 1.29 is 4.74 Å². The highest BCUT2D eigenvalue weighted by Gasteiger charge is 2.25. The summed E-state index contributed by atoms with van der Waals surface area (Å²) in [6.45, 7) is 15.6. The van der Waals surface area contributed by atoms with Crippen molar-refractivity contribution in [3.8, 4) is 0 Å². The Balaban J connectivity index is 2.64. The first-order chi connectivity index (χ1) is 8.95. The Morgan fingerprint density at radius 3 is 2.42 bits per heavy atom. The fourth-order valence-electron chi connectivity index (χ4n) is 1.97. The molecule has 0 N–H and O–H groups in total. The van der Waals surface area contributed by atoms with Gasteiger partial charge in [-0.05, 0) is 18.4 Å². The molecule has 19 heavy (non-hydrogen) atoms. The third-order valence-electron chi connectivity index (χ3n) is 3.31. The largest absolute Gasteiger partial charge is 0.370 e. The minimum Gasteiger partial charge on any atom is -0.370 e. The van der Waals surface area contributed by atoms with Crippen LogP contribution < -0.4 is 0 Å². The molecular weight excluding hydrogens is 248 g/mol. The van der Waals surface area contributed by atoms with Gasteiger partial charge < -0.3 is 4.74 Å². The van der Waals surface area contributed by atoms with Gasteiger partial charge >= 0.3 is 0 Å². The molecule has 0 bridgehead atoms. The highest BCUT2D eigenvalue weighted by Crippen LogP contribution is 2.22. The number of benzene rings is 1. The molecule has 1 nitrogen and oxygen atoms in total. The van der Waals surface area contributed by atoms with Gasteiger partial charge in [0.05, 0.1) is 20.8 Å². The van der Waals surface area contributed by atoms with Crippen molar-refractivity contribution in [2.75, 3.05) is 6.61 Å². The quantitative estimate of drug-likeness (QED) is 0.496. The molecule has 2 heteroatoms. The SMILES string of the molecule is C=CCOC(CCc1ccccc1)C(=C)[Si](C)(C)C. The molecule has 0 saturated carbocycles. The smallest absolute Gasteiger partial charge is 0.0755 e. The van der Waals surface area contributed by atoms with Gasteiger partial charge in [-0.25, -0.2) is 0 Å². The topological polar surface area (TPSA) is 9.23 Å². The van der Waals surface area contributed by atoms with E-state index in [1.54, 1.807) is 0 Å². The maximum absolute atomic E-state index is 5.92. The fourth-order valence-corrected chi connectivity index (χ4v) is 3.16. The summed E-state index contributed by atoms with van der Waals surface area (Å²) in [5, 5.41) is 1.30. The van der Waals surface area contributed by atoms with Crippen LogP contribution in [0.3, 0.4) is 0 Å². The van der Waals surface area contributed by atoms with Gasteiger partial charge in [0.2, 0.25) is 0 Å². The Morgan fingerprint density at radius 2 is 1.89 bits per heavy atom. The van der Waals surface area contributed by atoms with Crippen LogP contribution >= 0.6 is 0 Å². The summed E-state index contributed by atoms with van der Waals surface area (Å²) in [6, 6.07) is 10.6. The zero-order valence-electron chi connectivity index (χ0n) is 12.5. The van der Waals surface area contributed by atoms with Crippen LogP contribution in [0.15, 0.2) is 54.8 Å². The molecule has 0 aromatic heterocycles. The van der Waals surface area contributed by atoms with Crippen molar-refractivity contribution in [3.05, 3.63) is 60.3 Å². The molecule has 0 radical (unpaired) electrons. The molecule has 1 aromatic rings. The van der Waals surface area contributed by atoms with Crippen LogP contribution in [0.25, 0.3) is 0 Å². The van der Waals surface area contributed by atoms with Crippen molar-refractivity contribution in [2.45, 2.75) is 38.6 Å². The summed E-state index contributed by atoms with van der Waals surface area (Å²) in [6.07, 6.45) is 4.00. The molecule has 104 valence electrons. The Hall–Kier alpha value is -1.12.